The second kappa shape index (κ2) is 10.6. The number of hydrogen-bond acceptors (Lipinski definition) is 6. The van der Waals surface area contributed by atoms with E-state index in [-0.39, 0.29) is 19.1 Å². The monoisotopic (exact) mass is 450 g/mol. The first-order valence-corrected chi connectivity index (χ1v) is 10.6. The highest BCUT2D eigenvalue weighted by atomic mass is 16.5. The van der Waals surface area contributed by atoms with Gasteiger partial charge in [0, 0.05) is 6.08 Å². The molecule has 1 N–H and O–H groups in total. The molecule has 0 fully saturated rings. The number of esters is 1. The quantitative estimate of drug-likeness (QED) is 0.358. The number of nitrogens with zero attached hydrogens (tertiary/aromatic N) is 1. The molecule has 8 heteroatoms. The van der Waals surface area contributed by atoms with E-state index in [4.69, 9.17) is 9.47 Å². The van der Waals surface area contributed by atoms with Crippen molar-refractivity contribution >= 4 is 29.8 Å². The average molecular weight is 450 g/mol. The van der Waals surface area contributed by atoms with Gasteiger partial charge in [-0.3, -0.25) is 19.3 Å². The van der Waals surface area contributed by atoms with Crippen LogP contribution < -0.4 is 10.1 Å². The molecule has 0 spiro atoms. The van der Waals surface area contributed by atoms with Crippen molar-refractivity contribution in [1.29, 1.82) is 0 Å². The van der Waals surface area contributed by atoms with Gasteiger partial charge in [-0.05, 0) is 41.8 Å². The summed E-state index contributed by atoms with van der Waals surface area (Å²) in [6, 6.07) is 12.8. The Balaban J connectivity index is 1.52. The molecule has 1 heterocycles. The number of nitrogens with one attached hydrogen (secondary N) is 1. The van der Waals surface area contributed by atoms with Crippen molar-refractivity contribution in [2.75, 3.05) is 20.3 Å². The van der Waals surface area contributed by atoms with Crippen molar-refractivity contribution in [3.63, 3.8) is 0 Å². The number of benzene rings is 2. The zero-order chi connectivity index (χ0) is 24.0. The van der Waals surface area contributed by atoms with Crippen molar-refractivity contribution in [3.05, 3.63) is 71.3 Å². The molecule has 2 aromatic rings. The lowest BCUT2D eigenvalue weighted by atomic mass is 10.0. The zero-order valence-electron chi connectivity index (χ0n) is 18.7. The van der Waals surface area contributed by atoms with E-state index >= 15 is 0 Å². The minimum Gasteiger partial charge on any atom is -0.497 e. The van der Waals surface area contributed by atoms with Crippen molar-refractivity contribution in [2.24, 2.45) is 5.92 Å². The maximum Gasteiger partial charge on any atom is 0.328 e. The molecule has 33 heavy (non-hydrogen) atoms. The Kier molecular flexibility index (Phi) is 7.61. The molecule has 1 aliphatic heterocycles. The van der Waals surface area contributed by atoms with Crippen LogP contribution in [-0.2, 0) is 14.3 Å². The number of ether oxygens (including phenoxy) is 2. The summed E-state index contributed by atoms with van der Waals surface area (Å²) in [6.07, 6.45) is 2.96. The Morgan fingerprint density at radius 2 is 1.61 bits per heavy atom. The lowest BCUT2D eigenvalue weighted by Gasteiger charge is -2.21. The lowest BCUT2D eigenvalue weighted by molar-refractivity contribution is -0.149. The molecule has 0 saturated heterocycles. The summed E-state index contributed by atoms with van der Waals surface area (Å²) in [5, 5.41) is 2.65. The highest BCUT2D eigenvalue weighted by Gasteiger charge is 2.35. The fourth-order valence-corrected chi connectivity index (χ4v) is 3.36. The van der Waals surface area contributed by atoms with Crippen LogP contribution in [0.5, 0.6) is 5.75 Å². The molecule has 8 nitrogen and oxygen atoms in total. The van der Waals surface area contributed by atoms with Crippen LogP contribution in [0.3, 0.4) is 0 Å². The van der Waals surface area contributed by atoms with Gasteiger partial charge in [0.05, 0.1) is 24.8 Å². The minimum atomic E-state index is -0.875. The van der Waals surface area contributed by atoms with Crippen LogP contribution in [0, 0.1) is 5.92 Å². The van der Waals surface area contributed by atoms with Crippen molar-refractivity contribution in [3.8, 4) is 5.75 Å². The summed E-state index contributed by atoms with van der Waals surface area (Å²) in [7, 11) is 1.57. The van der Waals surface area contributed by atoms with Crippen molar-refractivity contribution in [2.45, 2.75) is 19.9 Å². The third kappa shape index (κ3) is 5.65. The highest BCUT2D eigenvalue weighted by molar-refractivity contribution is 6.21. The molecule has 0 aromatic heterocycles. The summed E-state index contributed by atoms with van der Waals surface area (Å²) >= 11 is 0. The van der Waals surface area contributed by atoms with Crippen LogP contribution in [0.1, 0.15) is 40.1 Å². The maximum absolute atomic E-state index is 12.6. The van der Waals surface area contributed by atoms with Crippen molar-refractivity contribution < 1.29 is 28.7 Å². The van der Waals surface area contributed by atoms with Gasteiger partial charge in [0.2, 0.25) is 5.91 Å². The predicted octanol–water partition coefficient (Wildman–Crippen LogP) is 2.69. The fraction of sp³-hybridized carbons (Fsp3) is 0.280. The number of carbonyl (C=O) groups excluding carboxylic acids is 4. The second-order valence-corrected chi connectivity index (χ2v) is 7.81. The summed E-state index contributed by atoms with van der Waals surface area (Å²) < 4.78 is 10.4. The Hall–Kier alpha value is -3.94. The van der Waals surface area contributed by atoms with E-state index in [1.807, 2.05) is 0 Å². The van der Waals surface area contributed by atoms with Gasteiger partial charge in [-0.1, -0.05) is 38.1 Å². The van der Waals surface area contributed by atoms with Crippen LogP contribution in [0.25, 0.3) is 6.08 Å². The number of imide groups is 1. The number of fused-ring (bicyclic) bond motifs is 1. The normalized spacial score (nSPS) is 13.9. The Morgan fingerprint density at radius 3 is 2.15 bits per heavy atom. The predicted molar refractivity (Wildman–Crippen MR) is 122 cm³/mol. The molecule has 0 saturated carbocycles. The maximum atomic E-state index is 12.6. The first kappa shape index (κ1) is 23.7. The molecule has 0 bridgehead atoms. The Labute approximate surface area is 192 Å². The smallest absolute Gasteiger partial charge is 0.328 e. The summed E-state index contributed by atoms with van der Waals surface area (Å²) in [5.74, 6) is -1.42. The summed E-state index contributed by atoms with van der Waals surface area (Å²) in [5.41, 5.74) is 1.48. The highest BCUT2D eigenvalue weighted by Crippen LogP contribution is 2.22. The molecule has 3 rings (SSSR count). The van der Waals surface area contributed by atoms with E-state index in [2.05, 4.69) is 5.32 Å². The van der Waals surface area contributed by atoms with Gasteiger partial charge in [0.1, 0.15) is 18.4 Å². The van der Waals surface area contributed by atoms with Gasteiger partial charge >= 0.3 is 5.97 Å². The number of hydrogen-bond donors (Lipinski definition) is 1. The van der Waals surface area contributed by atoms with Gasteiger partial charge in [0.15, 0.2) is 0 Å². The van der Waals surface area contributed by atoms with Gasteiger partial charge < -0.3 is 14.8 Å². The van der Waals surface area contributed by atoms with E-state index < -0.39 is 29.7 Å². The molecule has 0 radical (unpaired) electrons. The lowest BCUT2D eigenvalue weighted by Crippen LogP contribution is -2.45. The van der Waals surface area contributed by atoms with Gasteiger partial charge in [-0.2, -0.15) is 0 Å². The molecule has 0 aliphatic carbocycles. The second-order valence-electron chi connectivity index (χ2n) is 7.81. The van der Waals surface area contributed by atoms with Crippen molar-refractivity contribution in [1.82, 2.24) is 10.2 Å². The van der Waals surface area contributed by atoms with E-state index in [9.17, 15) is 19.2 Å². The van der Waals surface area contributed by atoms with E-state index in [0.29, 0.717) is 16.9 Å². The SMILES string of the molecule is COc1ccc(/C=C/C(=O)NC(C(=O)OCCN2C(=O)c3ccccc3C2=O)C(C)C)cc1. The molecule has 3 amide bonds. The fourth-order valence-electron chi connectivity index (χ4n) is 3.36. The standard InChI is InChI=1S/C25H26N2O6/c1-16(2)22(26-21(28)13-10-17-8-11-18(32-3)12-9-17)25(31)33-15-14-27-23(29)19-6-4-5-7-20(19)24(27)30/h4-13,16,22H,14-15H2,1-3H3,(H,26,28)/b13-10+. The molecule has 172 valence electrons. The van der Waals surface area contributed by atoms with E-state index in [0.717, 1.165) is 10.5 Å². The first-order chi connectivity index (χ1) is 15.8. The van der Waals surface area contributed by atoms with Crippen LogP contribution in [0.4, 0.5) is 0 Å². The minimum absolute atomic E-state index is 0.0613. The Morgan fingerprint density at radius 1 is 1.00 bits per heavy atom. The molecule has 1 atom stereocenters. The summed E-state index contributed by atoms with van der Waals surface area (Å²) in [4.78, 5) is 50.7. The van der Waals surface area contributed by atoms with Crippen LogP contribution in [-0.4, -0.2) is 54.9 Å². The topological polar surface area (TPSA) is 102 Å². The van der Waals surface area contributed by atoms with Crippen LogP contribution >= 0.6 is 0 Å². The van der Waals surface area contributed by atoms with Gasteiger partial charge in [-0.25, -0.2) is 4.79 Å². The largest absolute Gasteiger partial charge is 0.497 e. The molecular weight excluding hydrogens is 424 g/mol. The third-order valence-corrected chi connectivity index (χ3v) is 5.20. The van der Waals surface area contributed by atoms with E-state index in [1.54, 1.807) is 75.6 Å². The van der Waals surface area contributed by atoms with E-state index in [1.165, 1.54) is 6.08 Å². The average Bonchev–Trinajstić information content (AvgIpc) is 3.06. The number of amides is 3. The molecule has 2 aromatic carbocycles. The molecule has 1 unspecified atom stereocenters. The van der Waals surface area contributed by atoms with Crippen LogP contribution in [0.15, 0.2) is 54.6 Å². The van der Waals surface area contributed by atoms with Gasteiger partial charge in [-0.15, -0.1) is 0 Å². The molecular formula is C25H26N2O6. The first-order valence-electron chi connectivity index (χ1n) is 10.6. The summed E-state index contributed by atoms with van der Waals surface area (Å²) in [6.45, 7) is 3.34. The zero-order valence-corrected chi connectivity index (χ0v) is 18.7. The van der Waals surface area contributed by atoms with Gasteiger partial charge in [0.25, 0.3) is 11.8 Å². The Bertz CT molecular complexity index is 1040. The van der Waals surface area contributed by atoms with Crippen LogP contribution in [0.2, 0.25) is 0 Å². The number of rotatable bonds is 9. The number of methoxy groups -OCH3 is 1. The third-order valence-electron chi connectivity index (χ3n) is 5.20. The molecule has 1 aliphatic rings. The number of carbonyl (C=O) groups is 4.